The van der Waals surface area contributed by atoms with Gasteiger partial charge in [-0.05, 0) is 13.0 Å². The van der Waals surface area contributed by atoms with Gasteiger partial charge in [0.1, 0.15) is 6.04 Å². The highest BCUT2D eigenvalue weighted by Crippen LogP contribution is 2.25. The maximum absolute atomic E-state index is 11.8. The van der Waals surface area contributed by atoms with Crippen LogP contribution in [0.4, 0.5) is 0 Å². The number of carboxylic acids is 1. The second-order valence-electron chi connectivity index (χ2n) is 4.38. The highest BCUT2D eigenvalue weighted by molar-refractivity contribution is 5.86. The maximum Gasteiger partial charge on any atom is 0.305 e. The third kappa shape index (κ3) is 2.53. The Labute approximate surface area is 105 Å². The van der Waals surface area contributed by atoms with Crippen molar-refractivity contribution in [1.82, 2.24) is 10.2 Å². The molecule has 2 atom stereocenters. The van der Waals surface area contributed by atoms with Gasteiger partial charge in [-0.2, -0.15) is 0 Å². The number of hydrogen-bond donors (Lipinski definition) is 2. The number of nitrogens with zero attached hydrogens (tertiary/aromatic N) is 1. The number of carbonyl (C=O) groups excluding carboxylic acids is 1. The van der Waals surface area contributed by atoms with E-state index in [9.17, 15) is 9.59 Å². The molecule has 0 aromatic carbocycles. The highest BCUT2D eigenvalue weighted by atomic mass is 16.4. The number of amides is 1. The Balaban J connectivity index is 2.17. The Kier molecular flexibility index (Phi) is 3.66. The molecule has 1 aliphatic heterocycles. The molecule has 2 N–H and O–H groups in total. The van der Waals surface area contributed by atoms with Gasteiger partial charge in [0.05, 0.1) is 18.9 Å². The first-order valence-electron chi connectivity index (χ1n) is 5.87. The van der Waals surface area contributed by atoms with E-state index in [1.807, 2.05) is 17.9 Å². The van der Waals surface area contributed by atoms with Crippen molar-refractivity contribution in [1.29, 1.82) is 0 Å². The molecular weight excluding hydrogens is 236 g/mol. The first-order chi connectivity index (χ1) is 8.59. The number of aliphatic carboxylic acids is 1. The quantitative estimate of drug-likeness (QED) is 0.820. The second kappa shape index (κ2) is 5.22. The molecular formula is C12H16N2O4. The van der Waals surface area contributed by atoms with Crippen LogP contribution in [0.25, 0.3) is 0 Å². The summed E-state index contributed by atoms with van der Waals surface area (Å²) in [5.74, 6) is -1.19. The number of carboxylic acid groups (broad SMARTS) is 1. The molecule has 2 unspecified atom stereocenters. The molecule has 1 aliphatic rings. The summed E-state index contributed by atoms with van der Waals surface area (Å²) >= 11 is 0. The van der Waals surface area contributed by atoms with Gasteiger partial charge in [-0.25, -0.2) is 0 Å². The van der Waals surface area contributed by atoms with E-state index in [0.29, 0.717) is 13.1 Å². The fourth-order valence-corrected chi connectivity index (χ4v) is 2.28. The van der Waals surface area contributed by atoms with Crippen molar-refractivity contribution in [3.63, 3.8) is 0 Å². The second-order valence-corrected chi connectivity index (χ2v) is 4.38. The summed E-state index contributed by atoms with van der Waals surface area (Å²) in [6.07, 6.45) is 3.01. The van der Waals surface area contributed by atoms with Crippen molar-refractivity contribution in [3.05, 3.63) is 24.2 Å². The van der Waals surface area contributed by atoms with Crippen LogP contribution in [-0.2, 0) is 9.59 Å². The summed E-state index contributed by atoms with van der Waals surface area (Å²) in [6, 6.07) is 1.16. The van der Waals surface area contributed by atoms with Crippen LogP contribution in [0.5, 0.6) is 0 Å². The summed E-state index contributed by atoms with van der Waals surface area (Å²) in [4.78, 5) is 24.5. The molecule has 0 saturated carbocycles. The third-order valence-corrected chi connectivity index (χ3v) is 3.26. The molecule has 2 rings (SSSR count). The Morgan fingerprint density at radius 2 is 2.50 bits per heavy atom. The summed E-state index contributed by atoms with van der Waals surface area (Å²) < 4.78 is 5.03. The molecule has 1 amide bonds. The van der Waals surface area contributed by atoms with E-state index in [-0.39, 0.29) is 18.4 Å². The minimum absolute atomic E-state index is 0.0425. The fraction of sp³-hybridized carbons (Fsp3) is 0.500. The molecule has 1 aromatic heterocycles. The zero-order valence-corrected chi connectivity index (χ0v) is 10.1. The molecule has 2 heterocycles. The van der Waals surface area contributed by atoms with Gasteiger partial charge in [0.15, 0.2) is 0 Å². The van der Waals surface area contributed by atoms with Crippen LogP contribution in [0, 0.1) is 0 Å². The lowest BCUT2D eigenvalue weighted by atomic mass is 10.0. The first kappa shape index (κ1) is 12.6. The number of nitrogens with one attached hydrogen (secondary N) is 1. The van der Waals surface area contributed by atoms with Gasteiger partial charge < -0.3 is 14.8 Å². The Morgan fingerprint density at radius 3 is 3.11 bits per heavy atom. The molecule has 0 aliphatic carbocycles. The van der Waals surface area contributed by atoms with Crippen molar-refractivity contribution in [2.75, 3.05) is 13.1 Å². The van der Waals surface area contributed by atoms with E-state index < -0.39 is 12.0 Å². The summed E-state index contributed by atoms with van der Waals surface area (Å²) in [5, 5.41) is 11.6. The largest absolute Gasteiger partial charge is 0.481 e. The van der Waals surface area contributed by atoms with Crippen molar-refractivity contribution in [2.45, 2.75) is 25.4 Å². The van der Waals surface area contributed by atoms with E-state index >= 15 is 0 Å². The van der Waals surface area contributed by atoms with Crippen LogP contribution >= 0.6 is 0 Å². The lowest BCUT2D eigenvalue weighted by Crippen LogP contribution is -2.56. The Hall–Kier alpha value is -1.82. The van der Waals surface area contributed by atoms with Crippen molar-refractivity contribution in [2.24, 2.45) is 0 Å². The number of piperazine rings is 1. The van der Waals surface area contributed by atoms with Gasteiger partial charge in [0.25, 0.3) is 0 Å². The van der Waals surface area contributed by atoms with Gasteiger partial charge in [-0.1, -0.05) is 0 Å². The molecule has 1 saturated heterocycles. The first-order valence-corrected chi connectivity index (χ1v) is 5.87. The van der Waals surface area contributed by atoms with E-state index in [4.69, 9.17) is 9.52 Å². The Morgan fingerprint density at radius 1 is 1.72 bits per heavy atom. The molecule has 1 fully saturated rings. The molecule has 6 nitrogen and oxygen atoms in total. The molecule has 18 heavy (non-hydrogen) atoms. The van der Waals surface area contributed by atoms with Crippen LogP contribution in [-0.4, -0.2) is 41.0 Å². The zero-order valence-electron chi connectivity index (χ0n) is 10.1. The molecule has 0 radical (unpaired) electrons. The van der Waals surface area contributed by atoms with Gasteiger partial charge in [-0.15, -0.1) is 0 Å². The average molecular weight is 252 g/mol. The molecule has 1 aromatic rings. The van der Waals surface area contributed by atoms with Crippen LogP contribution < -0.4 is 5.32 Å². The molecule has 98 valence electrons. The topological polar surface area (TPSA) is 82.8 Å². The summed E-state index contributed by atoms with van der Waals surface area (Å²) in [6.45, 7) is 3.12. The van der Waals surface area contributed by atoms with Crippen molar-refractivity contribution < 1.29 is 19.1 Å². The SMILES string of the molecule is CC(c1ccoc1)N1CCNC(=O)C1CC(=O)O. The van der Waals surface area contributed by atoms with Crippen LogP contribution in [0.3, 0.4) is 0 Å². The predicted molar refractivity (Wildman–Crippen MR) is 62.9 cm³/mol. The van der Waals surface area contributed by atoms with Crippen molar-refractivity contribution >= 4 is 11.9 Å². The van der Waals surface area contributed by atoms with Gasteiger partial charge in [-0.3, -0.25) is 14.5 Å². The smallest absolute Gasteiger partial charge is 0.305 e. The third-order valence-electron chi connectivity index (χ3n) is 3.26. The van der Waals surface area contributed by atoms with Gasteiger partial charge in [0.2, 0.25) is 5.91 Å². The summed E-state index contributed by atoms with van der Waals surface area (Å²) in [7, 11) is 0. The normalized spacial score (nSPS) is 22.5. The van der Waals surface area contributed by atoms with Gasteiger partial charge >= 0.3 is 5.97 Å². The number of rotatable bonds is 4. The van der Waals surface area contributed by atoms with Crippen LogP contribution in [0.15, 0.2) is 23.0 Å². The van der Waals surface area contributed by atoms with E-state index in [2.05, 4.69) is 5.32 Å². The zero-order chi connectivity index (χ0) is 13.1. The van der Waals surface area contributed by atoms with Crippen LogP contribution in [0.1, 0.15) is 24.9 Å². The van der Waals surface area contributed by atoms with Crippen molar-refractivity contribution in [3.8, 4) is 0 Å². The maximum atomic E-state index is 11.8. The van der Waals surface area contributed by atoms with Crippen LogP contribution in [0.2, 0.25) is 0 Å². The molecule has 6 heteroatoms. The average Bonchev–Trinajstić information content (AvgIpc) is 2.84. The molecule has 0 bridgehead atoms. The number of hydrogen-bond acceptors (Lipinski definition) is 4. The molecule has 0 spiro atoms. The lowest BCUT2D eigenvalue weighted by Gasteiger charge is -2.38. The number of carbonyl (C=O) groups is 2. The fourth-order valence-electron chi connectivity index (χ4n) is 2.28. The van der Waals surface area contributed by atoms with E-state index in [1.165, 1.54) is 0 Å². The minimum Gasteiger partial charge on any atom is -0.481 e. The Bertz CT molecular complexity index is 429. The number of furan rings is 1. The minimum atomic E-state index is -0.971. The highest BCUT2D eigenvalue weighted by Gasteiger charge is 2.34. The van der Waals surface area contributed by atoms with Gasteiger partial charge in [0, 0.05) is 24.7 Å². The van der Waals surface area contributed by atoms with E-state index in [1.54, 1.807) is 12.5 Å². The lowest BCUT2D eigenvalue weighted by molar-refractivity contribution is -0.143. The van der Waals surface area contributed by atoms with E-state index in [0.717, 1.165) is 5.56 Å². The predicted octanol–water partition coefficient (Wildman–Crippen LogP) is 0.616. The standard InChI is InChI=1S/C12H16N2O4/c1-8(9-2-5-18-7-9)14-4-3-13-12(17)10(14)6-11(15)16/h2,5,7-8,10H,3-4,6H2,1H3,(H,13,17)(H,15,16). The monoisotopic (exact) mass is 252 g/mol. The summed E-state index contributed by atoms with van der Waals surface area (Å²) in [5.41, 5.74) is 0.945.